The molecule has 5 rings (SSSR count). The van der Waals surface area contributed by atoms with Gasteiger partial charge in [0.15, 0.2) is 0 Å². The van der Waals surface area contributed by atoms with Gasteiger partial charge in [-0.15, -0.1) is 0 Å². The molecule has 3 aromatic rings. The molecule has 27 heavy (non-hydrogen) atoms. The molecule has 0 unspecified atom stereocenters. The third kappa shape index (κ3) is 2.97. The van der Waals surface area contributed by atoms with Crippen LogP contribution in [-0.4, -0.2) is 57.0 Å². The predicted molar refractivity (Wildman–Crippen MR) is 98.2 cm³/mol. The van der Waals surface area contributed by atoms with Crippen LogP contribution in [0.15, 0.2) is 36.7 Å². The van der Waals surface area contributed by atoms with Crippen LogP contribution < -0.4 is 4.90 Å². The van der Waals surface area contributed by atoms with Gasteiger partial charge in [-0.25, -0.2) is 15.0 Å². The van der Waals surface area contributed by atoms with Crippen molar-refractivity contribution in [3.8, 4) is 0 Å². The van der Waals surface area contributed by atoms with Crippen LogP contribution in [-0.2, 0) is 17.8 Å². The van der Waals surface area contributed by atoms with Crippen molar-refractivity contribution >= 4 is 22.9 Å². The molecule has 2 aromatic heterocycles. The highest BCUT2D eigenvalue weighted by Crippen LogP contribution is 2.24. The lowest BCUT2D eigenvalue weighted by atomic mass is 10.3. The van der Waals surface area contributed by atoms with E-state index < -0.39 is 0 Å². The van der Waals surface area contributed by atoms with Crippen molar-refractivity contribution < 1.29 is 9.53 Å². The second kappa shape index (κ2) is 6.55. The molecule has 0 atom stereocenters. The maximum atomic E-state index is 12.9. The molecule has 0 N–H and O–H groups in total. The van der Waals surface area contributed by atoms with E-state index in [1.807, 2.05) is 30.5 Å². The van der Waals surface area contributed by atoms with E-state index in [2.05, 4.69) is 24.8 Å². The van der Waals surface area contributed by atoms with E-state index in [0.29, 0.717) is 37.9 Å². The number of benzene rings is 1. The van der Waals surface area contributed by atoms with Crippen molar-refractivity contribution in [1.29, 1.82) is 0 Å². The monoisotopic (exact) mass is 362 g/mol. The number of para-hydroxylation sites is 2. The summed E-state index contributed by atoms with van der Waals surface area (Å²) < 4.78 is 5.38. The number of hydrogen-bond acceptors (Lipinski definition) is 7. The minimum absolute atomic E-state index is 0.140. The molecule has 4 heterocycles. The van der Waals surface area contributed by atoms with E-state index >= 15 is 0 Å². The minimum Gasteiger partial charge on any atom is -0.378 e. The summed E-state index contributed by atoms with van der Waals surface area (Å²) in [6, 6.07) is 7.53. The number of rotatable bonds is 2. The highest BCUT2D eigenvalue weighted by atomic mass is 16.5. The van der Waals surface area contributed by atoms with Crippen molar-refractivity contribution in [3.05, 3.63) is 53.6 Å². The fourth-order valence-corrected chi connectivity index (χ4v) is 3.42. The molecule has 0 spiro atoms. The third-order valence-electron chi connectivity index (χ3n) is 4.89. The largest absolute Gasteiger partial charge is 0.378 e. The molecule has 0 aliphatic carbocycles. The lowest BCUT2D eigenvalue weighted by molar-refractivity contribution is 0.0744. The first kappa shape index (κ1) is 16.1. The van der Waals surface area contributed by atoms with Crippen molar-refractivity contribution in [2.45, 2.75) is 13.1 Å². The zero-order valence-corrected chi connectivity index (χ0v) is 14.7. The molecule has 1 amide bonds. The summed E-state index contributed by atoms with van der Waals surface area (Å²) in [4.78, 5) is 34.7. The number of fused-ring (bicyclic) bond motifs is 2. The van der Waals surface area contributed by atoms with Crippen molar-refractivity contribution in [3.63, 3.8) is 0 Å². The van der Waals surface area contributed by atoms with Crippen LogP contribution in [0.3, 0.4) is 0 Å². The Hall–Kier alpha value is -3.13. The number of carbonyl (C=O) groups excluding carboxylic acids is 1. The number of anilines is 1. The van der Waals surface area contributed by atoms with E-state index in [1.54, 1.807) is 11.1 Å². The van der Waals surface area contributed by atoms with Gasteiger partial charge in [-0.2, -0.15) is 0 Å². The molecule has 1 saturated heterocycles. The van der Waals surface area contributed by atoms with Gasteiger partial charge in [-0.05, 0) is 12.1 Å². The number of hydrogen-bond donors (Lipinski definition) is 0. The van der Waals surface area contributed by atoms with Gasteiger partial charge in [0.25, 0.3) is 5.91 Å². The van der Waals surface area contributed by atoms with Crippen molar-refractivity contribution in [2.24, 2.45) is 0 Å². The average Bonchev–Trinajstić information content (AvgIpc) is 3.17. The van der Waals surface area contributed by atoms with E-state index in [-0.39, 0.29) is 5.91 Å². The molecular weight excluding hydrogens is 344 g/mol. The molecule has 1 fully saturated rings. The molecule has 0 saturated carbocycles. The Labute approximate surface area is 155 Å². The van der Waals surface area contributed by atoms with Crippen LogP contribution in [0, 0.1) is 0 Å². The Bertz CT molecular complexity index is 1020. The maximum absolute atomic E-state index is 12.9. The first-order valence-electron chi connectivity index (χ1n) is 8.96. The minimum atomic E-state index is -0.140. The first-order chi connectivity index (χ1) is 13.3. The second-order valence-electron chi connectivity index (χ2n) is 6.65. The number of ether oxygens (including phenoxy) is 1. The fraction of sp³-hybridized carbons (Fsp3) is 0.316. The summed E-state index contributed by atoms with van der Waals surface area (Å²) in [7, 11) is 0. The van der Waals surface area contributed by atoms with Crippen LogP contribution in [0.4, 0.5) is 5.95 Å². The summed E-state index contributed by atoms with van der Waals surface area (Å²) in [5.41, 5.74) is 3.72. The van der Waals surface area contributed by atoms with Crippen LogP contribution in [0.2, 0.25) is 0 Å². The van der Waals surface area contributed by atoms with Gasteiger partial charge in [-0.1, -0.05) is 12.1 Å². The van der Waals surface area contributed by atoms with Crippen LogP contribution in [0.25, 0.3) is 11.0 Å². The van der Waals surface area contributed by atoms with Gasteiger partial charge in [0, 0.05) is 31.4 Å². The molecule has 8 nitrogen and oxygen atoms in total. The predicted octanol–water partition coefficient (Wildman–Crippen LogP) is 1.41. The van der Waals surface area contributed by atoms with Crippen LogP contribution in [0.5, 0.6) is 0 Å². The number of aromatic nitrogens is 4. The normalized spacial score (nSPS) is 16.6. The molecule has 2 aliphatic rings. The Morgan fingerprint density at radius 3 is 2.63 bits per heavy atom. The average molecular weight is 362 g/mol. The Balaban J connectivity index is 1.37. The Morgan fingerprint density at radius 2 is 1.78 bits per heavy atom. The van der Waals surface area contributed by atoms with Gasteiger partial charge in [0.05, 0.1) is 42.7 Å². The summed E-state index contributed by atoms with van der Waals surface area (Å²) >= 11 is 0. The number of nitrogens with zero attached hydrogens (tertiary/aromatic N) is 6. The first-order valence-corrected chi connectivity index (χ1v) is 8.96. The quantitative estimate of drug-likeness (QED) is 0.681. The third-order valence-corrected chi connectivity index (χ3v) is 4.89. The van der Waals surface area contributed by atoms with Gasteiger partial charge in [0.2, 0.25) is 5.95 Å². The summed E-state index contributed by atoms with van der Waals surface area (Å²) in [6.45, 7) is 3.90. The second-order valence-corrected chi connectivity index (χ2v) is 6.65. The molecular formula is C19H18N6O2. The lowest BCUT2D eigenvalue weighted by Crippen LogP contribution is -2.37. The standard InChI is InChI=1S/C19H18N6O2/c26-18(16-10-20-14-3-1-2-4-15(14)22-16)25-11-13-9-21-19(23-17(13)12-25)24-5-7-27-8-6-24/h1-4,9-10H,5-8,11-12H2. The maximum Gasteiger partial charge on any atom is 0.274 e. The summed E-state index contributed by atoms with van der Waals surface area (Å²) in [5.74, 6) is 0.566. The van der Waals surface area contributed by atoms with E-state index in [9.17, 15) is 4.79 Å². The van der Waals surface area contributed by atoms with Crippen molar-refractivity contribution in [2.75, 3.05) is 31.2 Å². The molecule has 0 radical (unpaired) electrons. The van der Waals surface area contributed by atoms with E-state index in [4.69, 9.17) is 4.74 Å². The van der Waals surface area contributed by atoms with Gasteiger partial charge >= 0.3 is 0 Å². The number of amides is 1. The van der Waals surface area contributed by atoms with Gasteiger partial charge in [0.1, 0.15) is 5.69 Å². The van der Waals surface area contributed by atoms with Crippen LogP contribution in [0.1, 0.15) is 21.7 Å². The molecule has 2 aliphatic heterocycles. The van der Waals surface area contributed by atoms with E-state index in [0.717, 1.165) is 35.4 Å². The SMILES string of the molecule is O=C(c1cnc2ccccc2n1)N1Cc2cnc(N3CCOCC3)nc2C1. The Morgan fingerprint density at radius 1 is 0.963 bits per heavy atom. The van der Waals surface area contributed by atoms with Crippen molar-refractivity contribution in [1.82, 2.24) is 24.8 Å². The summed E-state index contributed by atoms with van der Waals surface area (Å²) in [5, 5.41) is 0. The molecule has 136 valence electrons. The van der Waals surface area contributed by atoms with Gasteiger partial charge in [-0.3, -0.25) is 9.78 Å². The highest BCUT2D eigenvalue weighted by Gasteiger charge is 2.28. The van der Waals surface area contributed by atoms with Crippen LogP contribution >= 0.6 is 0 Å². The topological polar surface area (TPSA) is 84.3 Å². The molecule has 8 heteroatoms. The highest BCUT2D eigenvalue weighted by molar-refractivity contribution is 5.94. The lowest BCUT2D eigenvalue weighted by Gasteiger charge is -2.26. The molecule has 1 aromatic carbocycles. The zero-order chi connectivity index (χ0) is 18.2. The smallest absolute Gasteiger partial charge is 0.274 e. The zero-order valence-electron chi connectivity index (χ0n) is 14.7. The Kier molecular flexibility index (Phi) is 3.90. The summed E-state index contributed by atoms with van der Waals surface area (Å²) in [6.07, 6.45) is 3.37. The van der Waals surface area contributed by atoms with Gasteiger partial charge < -0.3 is 14.5 Å². The number of morpholine rings is 1. The number of carbonyl (C=O) groups is 1. The van der Waals surface area contributed by atoms with E-state index in [1.165, 1.54) is 0 Å². The fourth-order valence-electron chi connectivity index (χ4n) is 3.42. The molecule has 0 bridgehead atoms.